The minimum absolute atomic E-state index is 0.0586. The summed E-state index contributed by atoms with van der Waals surface area (Å²) in [5.74, 6) is -0.492. The van der Waals surface area contributed by atoms with Crippen molar-refractivity contribution in [2.45, 2.75) is 12.8 Å². The third-order valence-electron chi connectivity index (χ3n) is 4.48. The summed E-state index contributed by atoms with van der Waals surface area (Å²) < 4.78 is 49.8. The highest BCUT2D eigenvalue weighted by molar-refractivity contribution is 6.02. The number of carbonyl (C=O) groups excluding carboxylic acids is 1. The third-order valence-corrected chi connectivity index (χ3v) is 4.48. The van der Waals surface area contributed by atoms with Gasteiger partial charge < -0.3 is 19.9 Å². The van der Waals surface area contributed by atoms with E-state index in [0.717, 1.165) is 6.07 Å². The van der Waals surface area contributed by atoms with E-state index in [9.17, 15) is 23.1 Å². The number of carbonyl (C=O) groups is 1. The molecule has 0 atom stereocenters. The molecular formula is C24H20F3NO4. The van der Waals surface area contributed by atoms with Crippen LogP contribution in [0.3, 0.4) is 0 Å². The van der Waals surface area contributed by atoms with Gasteiger partial charge in [0.25, 0.3) is 0 Å². The van der Waals surface area contributed by atoms with E-state index in [1.807, 2.05) is 0 Å². The van der Waals surface area contributed by atoms with Crippen molar-refractivity contribution in [3.63, 3.8) is 0 Å². The summed E-state index contributed by atoms with van der Waals surface area (Å²) in [5.41, 5.74) is 0.628. The smallest absolute Gasteiger partial charge is 0.419 e. The van der Waals surface area contributed by atoms with E-state index < -0.39 is 17.6 Å². The van der Waals surface area contributed by atoms with E-state index in [2.05, 4.69) is 5.32 Å². The van der Waals surface area contributed by atoms with Crippen molar-refractivity contribution in [1.82, 2.24) is 0 Å². The molecule has 0 saturated carbocycles. The molecular weight excluding hydrogens is 423 g/mol. The van der Waals surface area contributed by atoms with Crippen molar-refractivity contribution in [3.05, 3.63) is 89.5 Å². The number of amides is 1. The van der Waals surface area contributed by atoms with Crippen molar-refractivity contribution < 1.29 is 32.5 Å². The lowest BCUT2D eigenvalue weighted by Gasteiger charge is -2.15. The molecule has 166 valence electrons. The van der Waals surface area contributed by atoms with E-state index in [4.69, 9.17) is 9.47 Å². The number of ether oxygens (including phenoxy) is 2. The van der Waals surface area contributed by atoms with Crippen LogP contribution in [-0.4, -0.2) is 18.1 Å². The molecule has 0 fully saturated rings. The van der Waals surface area contributed by atoms with Gasteiger partial charge in [0.2, 0.25) is 5.91 Å². The Kier molecular flexibility index (Phi) is 7.04. The van der Waals surface area contributed by atoms with E-state index >= 15 is 0 Å². The lowest BCUT2D eigenvalue weighted by molar-refractivity contribution is -0.139. The normalized spacial score (nSPS) is 11.4. The summed E-state index contributed by atoms with van der Waals surface area (Å²) in [6.45, 7) is -0.167. The Balaban J connectivity index is 1.69. The van der Waals surface area contributed by atoms with Crippen molar-refractivity contribution in [1.29, 1.82) is 0 Å². The number of methoxy groups -OCH3 is 1. The Labute approximate surface area is 182 Å². The zero-order chi connectivity index (χ0) is 23.1. The van der Waals surface area contributed by atoms with Crippen LogP contribution in [0.5, 0.6) is 17.2 Å². The number of halogens is 3. The number of rotatable bonds is 7. The molecule has 0 aliphatic heterocycles. The summed E-state index contributed by atoms with van der Waals surface area (Å²) in [4.78, 5) is 12.3. The van der Waals surface area contributed by atoms with Gasteiger partial charge in [-0.15, -0.1) is 0 Å². The number of aromatic hydroxyl groups is 1. The van der Waals surface area contributed by atoms with Crippen LogP contribution < -0.4 is 14.8 Å². The highest BCUT2D eigenvalue weighted by Crippen LogP contribution is 2.36. The van der Waals surface area contributed by atoms with Gasteiger partial charge in [-0.25, -0.2) is 0 Å². The molecule has 0 aliphatic rings. The van der Waals surface area contributed by atoms with Gasteiger partial charge in [-0.2, -0.15) is 13.2 Å². The molecule has 0 unspecified atom stereocenters. The molecule has 0 aliphatic carbocycles. The predicted molar refractivity (Wildman–Crippen MR) is 115 cm³/mol. The topological polar surface area (TPSA) is 67.8 Å². The van der Waals surface area contributed by atoms with Gasteiger partial charge in [0.05, 0.1) is 12.7 Å². The van der Waals surface area contributed by atoms with Crippen molar-refractivity contribution in [2.24, 2.45) is 0 Å². The summed E-state index contributed by atoms with van der Waals surface area (Å²) in [7, 11) is 1.43. The fraction of sp³-hybridized carbons (Fsp3) is 0.125. The van der Waals surface area contributed by atoms with E-state index in [1.165, 1.54) is 43.5 Å². The number of alkyl halides is 3. The fourth-order valence-electron chi connectivity index (χ4n) is 2.91. The maximum absolute atomic E-state index is 13.2. The first-order valence-electron chi connectivity index (χ1n) is 9.51. The molecule has 5 nitrogen and oxygen atoms in total. The first-order valence-corrected chi connectivity index (χ1v) is 9.51. The predicted octanol–water partition coefficient (Wildman–Crippen LogP) is 5.65. The highest BCUT2D eigenvalue weighted by atomic mass is 19.4. The van der Waals surface area contributed by atoms with Gasteiger partial charge in [-0.3, -0.25) is 4.79 Å². The number of anilines is 1. The number of benzene rings is 3. The van der Waals surface area contributed by atoms with Gasteiger partial charge in [-0.1, -0.05) is 36.4 Å². The Morgan fingerprint density at radius 1 is 1.03 bits per heavy atom. The van der Waals surface area contributed by atoms with Crippen LogP contribution >= 0.6 is 0 Å². The minimum atomic E-state index is -4.54. The SMILES string of the molecule is COc1ccc(/C=C/C(=O)Nc2ccccc2COc2ccccc2C(F)(F)F)cc1O. The second-order valence-corrected chi connectivity index (χ2v) is 6.69. The number of phenolic OH excluding ortho intramolecular Hbond substituents is 1. The standard InChI is InChI=1S/C24H20F3NO4/c1-31-22-12-10-16(14-20(22)29)11-13-23(30)28-19-8-4-2-6-17(19)15-32-21-9-5-3-7-18(21)24(25,26)27/h2-14,29H,15H2,1H3,(H,28,30)/b13-11+. The van der Waals surface area contributed by atoms with Crippen LogP contribution in [0.15, 0.2) is 72.8 Å². The zero-order valence-corrected chi connectivity index (χ0v) is 17.0. The number of hydrogen-bond donors (Lipinski definition) is 2. The largest absolute Gasteiger partial charge is 0.504 e. The molecule has 1 amide bonds. The zero-order valence-electron chi connectivity index (χ0n) is 17.0. The molecule has 3 aromatic carbocycles. The first-order chi connectivity index (χ1) is 15.3. The maximum Gasteiger partial charge on any atom is 0.419 e. The van der Waals surface area contributed by atoms with Gasteiger partial charge >= 0.3 is 6.18 Å². The first kappa shape index (κ1) is 22.7. The maximum atomic E-state index is 13.2. The summed E-state index contributed by atoms with van der Waals surface area (Å²) in [6, 6.07) is 16.3. The van der Waals surface area contributed by atoms with Crippen LogP contribution in [0, 0.1) is 0 Å². The molecule has 0 heterocycles. The van der Waals surface area contributed by atoms with Crippen LogP contribution in [0.1, 0.15) is 16.7 Å². The van der Waals surface area contributed by atoms with E-state index in [-0.39, 0.29) is 18.1 Å². The second-order valence-electron chi connectivity index (χ2n) is 6.69. The molecule has 3 aromatic rings. The second kappa shape index (κ2) is 9.91. The van der Waals surface area contributed by atoms with Gasteiger partial charge in [0, 0.05) is 17.3 Å². The Hall–Kier alpha value is -3.94. The molecule has 3 rings (SSSR count). The van der Waals surface area contributed by atoms with E-state index in [0.29, 0.717) is 22.6 Å². The highest BCUT2D eigenvalue weighted by Gasteiger charge is 2.34. The summed E-state index contributed by atoms with van der Waals surface area (Å²) in [5, 5.41) is 12.5. The average molecular weight is 443 g/mol. The molecule has 0 radical (unpaired) electrons. The summed E-state index contributed by atoms with van der Waals surface area (Å²) in [6.07, 6.45) is -1.75. The minimum Gasteiger partial charge on any atom is -0.504 e. The lowest BCUT2D eigenvalue weighted by Crippen LogP contribution is -2.12. The number of para-hydroxylation sites is 2. The monoisotopic (exact) mass is 443 g/mol. The van der Waals surface area contributed by atoms with Crippen LogP contribution in [0.4, 0.5) is 18.9 Å². The number of hydrogen-bond acceptors (Lipinski definition) is 4. The van der Waals surface area contributed by atoms with Crippen molar-refractivity contribution in [3.8, 4) is 17.2 Å². The van der Waals surface area contributed by atoms with E-state index in [1.54, 1.807) is 36.4 Å². The molecule has 0 saturated heterocycles. The van der Waals surface area contributed by atoms with Gasteiger partial charge in [0.1, 0.15) is 12.4 Å². The Morgan fingerprint density at radius 3 is 2.47 bits per heavy atom. The van der Waals surface area contributed by atoms with Crippen LogP contribution in [-0.2, 0) is 17.6 Å². The van der Waals surface area contributed by atoms with Gasteiger partial charge in [-0.05, 0) is 42.0 Å². The molecule has 0 bridgehead atoms. The van der Waals surface area contributed by atoms with Crippen LogP contribution in [0.2, 0.25) is 0 Å². The fourth-order valence-corrected chi connectivity index (χ4v) is 2.91. The lowest BCUT2D eigenvalue weighted by atomic mass is 10.1. The summed E-state index contributed by atoms with van der Waals surface area (Å²) >= 11 is 0. The molecule has 32 heavy (non-hydrogen) atoms. The van der Waals surface area contributed by atoms with Crippen LogP contribution in [0.25, 0.3) is 6.08 Å². The Bertz CT molecular complexity index is 1130. The molecule has 2 N–H and O–H groups in total. The molecule has 8 heteroatoms. The third kappa shape index (κ3) is 5.81. The molecule has 0 spiro atoms. The van der Waals surface area contributed by atoms with Gasteiger partial charge in [0.15, 0.2) is 11.5 Å². The van der Waals surface area contributed by atoms with Crippen molar-refractivity contribution in [2.75, 3.05) is 12.4 Å². The Morgan fingerprint density at radius 2 is 1.75 bits per heavy atom. The quantitative estimate of drug-likeness (QED) is 0.463. The molecule has 0 aromatic heterocycles. The number of phenols is 1. The van der Waals surface area contributed by atoms with Crippen molar-refractivity contribution >= 4 is 17.7 Å². The average Bonchev–Trinajstić information content (AvgIpc) is 2.77. The number of nitrogens with one attached hydrogen (secondary N) is 1.